The van der Waals surface area contributed by atoms with Crippen molar-refractivity contribution in [3.8, 4) is 0 Å². The van der Waals surface area contributed by atoms with Crippen LogP contribution < -0.4 is 5.32 Å². The number of hydrogen-bond donors (Lipinski definition) is 1. The van der Waals surface area contributed by atoms with Gasteiger partial charge in [0.25, 0.3) is 0 Å². The second-order valence-electron chi connectivity index (χ2n) is 4.29. The van der Waals surface area contributed by atoms with Crippen molar-refractivity contribution in [2.45, 2.75) is 32.5 Å². The van der Waals surface area contributed by atoms with E-state index in [-0.39, 0.29) is 0 Å². The largest absolute Gasteiger partial charge is 0.314 e. The molecule has 4 heteroatoms. The molecule has 2 rings (SSSR count). The minimum absolute atomic E-state index is 0.632. The first kappa shape index (κ1) is 11.6. The van der Waals surface area contributed by atoms with Crippen LogP contribution in [-0.2, 0) is 6.54 Å². The van der Waals surface area contributed by atoms with Crippen LogP contribution >= 0.6 is 27.3 Å². The second kappa shape index (κ2) is 4.95. The average Bonchev–Trinajstić information content (AvgIpc) is 2.58. The molecule has 0 saturated carbocycles. The third-order valence-electron chi connectivity index (χ3n) is 3.00. The van der Waals surface area contributed by atoms with Crippen LogP contribution in [0.2, 0.25) is 0 Å². The van der Waals surface area contributed by atoms with Crippen molar-refractivity contribution in [2.75, 3.05) is 13.1 Å². The fourth-order valence-electron chi connectivity index (χ4n) is 2.12. The van der Waals surface area contributed by atoms with Crippen LogP contribution in [0.15, 0.2) is 15.2 Å². The van der Waals surface area contributed by atoms with Crippen LogP contribution in [0, 0.1) is 0 Å². The molecule has 0 bridgehead atoms. The van der Waals surface area contributed by atoms with Crippen molar-refractivity contribution in [3.63, 3.8) is 0 Å². The van der Waals surface area contributed by atoms with Crippen molar-refractivity contribution in [1.29, 1.82) is 0 Å². The van der Waals surface area contributed by atoms with Crippen molar-refractivity contribution in [2.24, 2.45) is 0 Å². The molecule has 0 amide bonds. The number of rotatable bonds is 2. The minimum Gasteiger partial charge on any atom is -0.314 e. The molecule has 1 fully saturated rings. The van der Waals surface area contributed by atoms with E-state index in [1.807, 2.05) is 0 Å². The van der Waals surface area contributed by atoms with Crippen molar-refractivity contribution in [3.05, 3.63) is 20.8 Å². The Balaban J connectivity index is 2.03. The zero-order valence-corrected chi connectivity index (χ0v) is 11.6. The maximum atomic E-state index is 3.51. The predicted molar refractivity (Wildman–Crippen MR) is 69.4 cm³/mol. The highest BCUT2D eigenvalue weighted by Crippen LogP contribution is 2.23. The van der Waals surface area contributed by atoms with Gasteiger partial charge in [0.15, 0.2) is 0 Å². The molecule has 1 aromatic rings. The van der Waals surface area contributed by atoms with Crippen LogP contribution in [0.3, 0.4) is 0 Å². The average molecular weight is 289 g/mol. The quantitative estimate of drug-likeness (QED) is 0.900. The van der Waals surface area contributed by atoms with Gasteiger partial charge in [-0.1, -0.05) is 0 Å². The van der Waals surface area contributed by atoms with E-state index in [9.17, 15) is 0 Å². The predicted octanol–water partition coefficient (Wildman–Crippen LogP) is 2.69. The number of hydrogen-bond acceptors (Lipinski definition) is 3. The molecule has 0 aromatic carbocycles. The van der Waals surface area contributed by atoms with Crippen molar-refractivity contribution >= 4 is 27.3 Å². The lowest BCUT2D eigenvalue weighted by molar-refractivity contribution is 0.109. The van der Waals surface area contributed by atoms with Crippen molar-refractivity contribution in [1.82, 2.24) is 10.2 Å². The van der Waals surface area contributed by atoms with Gasteiger partial charge < -0.3 is 5.32 Å². The Morgan fingerprint density at radius 3 is 2.67 bits per heavy atom. The molecule has 15 heavy (non-hydrogen) atoms. The monoisotopic (exact) mass is 288 g/mol. The SMILES string of the molecule is C[C@@H]1CNC[C@H](C)N1Cc1csc(Br)c1. The molecule has 0 spiro atoms. The van der Waals surface area contributed by atoms with Crippen molar-refractivity contribution < 1.29 is 0 Å². The smallest absolute Gasteiger partial charge is 0.0701 e. The number of thiophene rings is 1. The van der Waals surface area contributed by atoms with Gasteiger partial charge in [-0.2, -0.15) is 0 Å². The lowest BCUT2D eigenvalue weighted by atomic mass is 10.1. The summed E-state index contributed by atoms with van der Waals surface area (Å²) in [6.45, 7) is 7.88. The molecule has 1 aromatic heterocycles. The molecule has 0 aliphatic carbocycles. The van der Waals surface area contributed by atoms with Crippen LogP contribution in [-0.4, -0.2) is 30.1 Å². The van der Waals surface area contributed by atoms with Gasteiger partial charge >= 0.3 is 0 Å². The van der Waals surface area contributed by atoms with E-state index in [2.05, 4.69) is 51.4 Å². The summed E-state index contributed by atoms with van der Waals surface area (Å²) in [6.07, 6.45) is 0. The summed E-state index contributed by atoms with van der Waals surface area (Å²) in [5.74, 6) is 0. The van der Waals surface area contributed by atoms with E-state index < -0.39 is 0 Å². The molecule has 2 nitrogen and oxygen atoms in total. The summed E-state index contributed by atoms with van der Waals surface area (Å²) in [7, 11) is 0. The Morgan fingerprint density at radius 2 is 2.13 bits per heavy atom. The summed E-state index contributed by atoms with van der Waals surface area (Å²) in [5, 5.41) is 5.70. The first-order valence-electron chi connectivity index (χ1n) is 5.36. The molecule has 1 N–H and O–H groups in total. The third-order valence-corrected chi connectivity index (χ3v) is 4.55. The summed E-state index contributed by atoms with van der Waals surface area (Å²) in [4.78, 5) is 2.57. The van der Waals surface area contributed by atoms with E-state index in [0.717, 1.165) is 19.6 Å². The summed E-state index contributed by atoms with van der Waals surface area (Å²) >= 11 is 5.28. The molecule has 1 aliphatic rings. The number of piperazine rings is 1. The summed E-state index contributed by atoms with van der Waals surface area (Å²) in [5.41, 5.74) is 1.42. The van der Waals surface area contributed by atoms with Crippen LogP contribution in [0.4, 0.5) is 0 Å². The topological polar surface area (TPSA) is 15.3 Å². The zero-order valence-electron chi connectivity index (χ0n) is 9.16. The standard InChI is InChI=1S/C11H17BrN2S/c1-8-4-13-5-9(2)14(8)6-10-3-11(12)15-7-10/h3,7-9,13H,4-6H2,1-2H3/t8-,9+. The first-order chi connectivity index (χ1) is 7.16. The van der Waals surface area contributed by atoms with E-state index >= 15 is 0 Å². The van der Waals surface area contributed by atoms with Crippen LogP contribution in [0.25, 0.3) is 0 Å². The fourth-order valence-corrected chi connectivity index (χ4v) is 3.32. The normalized spacial score (nSPS) is 28.2. The Labute approximate surface area is 104 Å². The lowest BCUT2D eigenvalue weighted by Crippen LogP contribution is -2.54. The number of halogens is 1. The maximum absolute atomic E-state index is 3.51. The molecule has 84 valence electrons. The van der Waals surface area contributed by atoms with Gasteiger partial charge in [-0.3, -0.25) is 4.90 Å². The maximum Gasteiger partial charge on any atom is 0.0701 e. The molecule has 1 aliphatic heterocycles. The highest BCUT2D eigenvalue weighted by molar-refractivity contribution is 9.11. The van der Waals surface area contributed by atoms with E-state index in [1.165, 1.54) is 9.35 Å². The van der Waals surface area contributed by atoms with E-state index in [0.29, 0.717) is 12.1 Å². The highest BCUT2D eigenvalue weighted by atomic mass is 79.9. The number of nitrogens with zero attached hydrogens (tertiary/aromatic N) is 1. The van der Waals surface area contributed by atoms with E-state index in [4.69, 9.17) is 0 Å². The van der Waals surface area contributed by atoms with Gasteiger partial charge in [-0.25, -0.2) is 0 Å². The second-order valence-corrected chi connectivity index (χ2v) is 6.58. The van der Waals surface area contributed by atoms with Gasteiger partial charge in [-0.15, -0.1) is 11.3 Å². The highest BCUT2D eigenvalue weighted by Gasteiger charge is 2.24. The number of nitrogens with one attached hydrogen (secondary N) is 1. The molecule has 0 unspecified atom stereocenters. The Kier molecular flexibility index (Phi) is 3.83. The fraction of sp³-hybridized carbons (Fsp3) is 0.636. The Hall–Kier alpha value is 0.100. The van der Waals surface area contributed by atoms with Crippen LogP contribution in [0.5, 0.6) is 0 Å². The third kappa shape index (κ3) is 2.81. The molecule has 0 radical (unpaired) electrons. The molecular formula is C11H17BrN2S. The lowest BCUT2D eigenvalue weighted by Gasteiger charge is -2.39. The molecule has 1 saturated heterocycles. The minimum atomic E-state index is 0.632. The van der Waals surface area contributed by atoms with Gasteiger partial charge in [-0.05, 0) is 46.8 Å². The zero-order chi connectivity index (χ0) is 10.8. The van der Waals surface area contributed by atoms with Gasteiger partial charge in [0.2, 0.25) is 0 Å². The molecular weight excluding hydrogens is 272 g/mol. The van der Waals surface area contributed by atoms with Gasteiger partial charge in [0.05, 0.1) is 3.79 Å². The van der Waals surface area contributed by atoms with E-state index in [1.54, 1.807) is 11.3 Å². The Bertz CT molecular complexity index is 316. The molecule has 2 heterocycles. The van der Waals surface area contributed by atoms with Gasteiger partial charge in [0, 0.05) is 31.7 Å². The van der Waals surface area contributed by atoms with Crippen LogP contribution in [0.1, 0.15) is 19.4 Å². The Morgan fingerprint density at radius 1 is 1.47 bits per heavy atom. The molecule has 2 atom stereocenters. The van der Waals surface area contributed by atoms with Gasteiger partial charge in [0.1, 0.15) is 0 Å². The summed E-state index contributed by atoms with van der Waals surface area (Å²) < 4.78 is 1.23. The summed E-state index contributed by atoms with van der Waals surface area (Å²) in [6, 6.07) is 3.49. The first-order valence-corrected chi connectivity index (χ1v) is 7.03.